The SMILES string of the molecule is NC(=O)c1ccc(Oc2ccc(CNCCc3cccs3)s2)cc1. The minimum absolute atomic E-state index is 0.436. The van der Waals surface area contributed by atoms with Crippen LogP contribution in [-0.2, 0) is 13.0 Å². The Balaban J connectivity index is 1.47. The number of amides is 1. The van der Waals surface area contributed by atoms with Gasteiger partial charge in [0, 0.05) is 28.4 Å². The molecule has 4 nitrogen and oxygen atoms in total. The van der Waals surface area contributed by atoms with Gasteiger partial charge in [0.15, 0.2) is 5.06 Å². The van der Waals surface area contributed by atoms with Gasteiger partial charge in [-0.3, -0.25) is 4.79 Å². The van der Waals surface area contributed by atoms with Gasteiger partial charge < -0.3 is 15.8 Å². The van der Waals surface area contributed by atoms with Crippen molar-refractivity contribution in [3.8, 4) is 10.8 Å². The van der Waals surface area contributed by atoms with Gasteiger partial charge in [-0.1, -0.05) is 6.07 Å². The maximum atomic E-state index is 11.1. The minimum Gasteiger partial charge on any atom is -0.447 e. The predicted octanol–water partition coefficient (Wildman–Crippen LogP) is 4.03. The number of benzene rings is 1. The van der Waals surface area contributed by atoms with Crippen molar-refractivity contribution < 1.29 is 9.53 Å². The first-order valence-electron chi connectivity index (χ1n) is 7.60. The number of carbonyl (C=O) groups excluding carboxylic acids is 1. The molecule has 2 aromatic heterocycles. The number of rotatable bonds is 8. The summed E-state index contributed by atoms with van der Waals surface area (Å²) in [6, 6.07) is 15.1. The van der Waals surface area contributed by atoms with E-state index in [1.165, 1.54) is 9.75 Å². The summed E-state index contributed by atoms with van der Waals surface area (Å²) in [5.74, 6) is 0.257. The van der Waals surface area contributed by atoms with Crippen LogP contribution in [0.15, 0.2) is 53.9 Å². The number of ether oxygens (including phenoxy) is 1. The molecule has 0 aliphatic rings. The number of hydrogen-bond acceptors (Lipinski definition) is 5. The van der Waals surface area contributed by atoms with E-state index in [0.717, 1.165) is 24.6 Å². The zero-order valence-corrected chi connectivity index (χ0v) is 14.7. The highest BCUT2D eigenvalue weighted by molar-refractivity contribution is 7.13. The van der Waals surface area contributed by atoms with E-state index in [9.17, 15) is 4.79 Å². The predicted molar refractivity (Wildman–Crippen MR) is 99.1 cm³/mol. The number of hydrogen-bond donors (Lipinski definition) is 2. The highest BCUT2D eigenvalue weighted by Crippen LogP contribution is 2.29. The molecule has 0 aliphatic carbocycles. The lowest BCUT2D eigenvalue weighted by atomic mass is 10.2. The molecule has 0 atom stereocenters. The molecular formula is C18H18N2O2S2. The van der Waals surface area contributed by atoms with Gasteiger partial charge in [0.1, 0.15) is 5.75 Å². The van der Waals surface area contributed by atoms with Gasteiger partial charge in [-0.2, -0.15) is 0 Å². The Morgan fingerprint density at radius 1 is 1.08 bits per heavy atom. The van der Waals surface area contributed by atoms with Crippen molar-refractivity contribution in [1.82, 2.24) is 5.32 Å². The average molecular weight is 358 g/mol. The first-order chi connectivity index (χ1) is 11.7. The molecule has 124 valence electrons. The van der Waals surface area contributed by atoms with Crippen LogP contribution in [0.1, 0.15) is 20.1 Å². The number of nitrogens with two attached hydrogens (primary N) is 1. The summed E-state index contributed by atoms with van der Waals surface area (Å²) in [5, 5.41) is 6.38. The second-order valence-corrected chi connectivity index (χ2v) is 7.38. The van der Waals surface area contributed by atoms with Crippen LogP contribution in [0.3, 0.4) is 0 Å². The highest BCUT2D eigenvalue weighted by Gasteiger charge is 2.04. The Hall–Kier alpha value is -2.15. The fraction of sp³-hybridized carbons (Fsp3) is 0.167. The molecule has 0 saturated carbocycles. The van der Waals surface area contributed by atoms with Crippen LogP contribution in [0.2, 0.25) is 0 Å². The van der Waals surface area contributed by atoms with Crippen LogP contribution in [-0.4, -0.2) is 12.5 Å². The van der Waals surface area contributed by atoms with Crippen molar-refractivity contribution in [3.63, 3.8) is 0 Å². The lowest BCUT2D eigenvalue weighted by Crippen LogP contribution is -2.15. The number of primary amides is 1. The molecule has 0 spiro atoms. The summed E-state index contributed by atoms with van der Waals surface area (Å²) >= 11 is 3.40. The first-order valence-corrected chi connectivity index (χ1v) is 9.30. The largest absolute Gasteiger partial charge is 0.447 e. The van der Waals surface area contributed by atoms with Crippen LogP contribution in [0.25, 0.3) is 0 Å². The fourth-order valence-corrected chi connectivity index (χ4v) is 3.74. The van der Waals surface area contributed by atoms with Crippen molar-refractivity contribution in [3.05, 3.63) is 69.2 Å². The molecule has 0 bridgehead atoms. The zero-order valence-electron chi connectivity index (χ0n) is 13.0. The van der Waals surface area contributed by atoms with Crippen molar-refractivity contribution in [1.29, 1.82) is 0 Å². The smallest absolute Gasteiger partial charge is 0.248 e. The van der Waals surface area contributed by atoms with E-state index >= 15 is 0 Å². The third kappa shape index (κ3) is 4.67. The summed E-state index contributed by atoms with van der Waals surface area (Å²) < 4.78 is 5.80. The lowest BCUT2D eigenvalue weighted by Gasteiger charge is -2.03. The molecule has 0 aliphatic heterocycles. The molecule has 0 fully saturated rings. The Morgan fingerprint density at radius 2 is 1.92 bits per heavy atom. The fourth-order valence-electron chi connectivity index (χ4n) is 2.19. The second kappa shape index (κ2) is 8.10. The Bertz CT molecular complexity index is 780. The van der Waals surface area contributed by atoms with Crippen LogP contribution in [0.5, 0.6) is 10.8 Å². The topological polar surface area (TPSA) is 64.4 Å². The van der Waals surface area contributed by atoms with E-state index in [4.69, 9.17) is 10.5 Å². The van der Waals surface area contributed by atoms with Crippen LogP contribution in [0, 0.1) is 0 Å². The van der Waals surface area contributed by atoms with Gasteiger partial charge in [-0.15, -0.1) is 22.7 Å². The Morgan fingerprint density at radius 3 is 2.62 bits per heavy atom. The van der Waals surface area contributed by atoms with Crippen LogP contribution < -0.4 is 15.8 Å². The monoisotopic (exact) mass is 358 g/mol. The molecule has 0 radical (unpaired) electrons. The first kappa shape index (κ1) is 16.7. The highest BCUT2D eigenvalue weighted by atomic mass is 32.1. The minimum atomic E-state index is -0.436. The van der Waals surface area contributed by atoms with E-state index in [-0.39, 0.29) is 0 Å². The number of nitrogens with one attached hydrogen (secondary N) is 1. The van der Waals surface area contributed by atoms with E-state index in [2.05, 4.69) is 28.9 Å². The molecular weight excluding hydrogens is 340 g/mol. The van der Waals surface area contributed by atoms with Gasteiger partial charge in [0.2, 0.25) is 5.91 Å². The van der Waals surface area contributed by atoms with E-state index in [1.807, 2.05) is 6.07 Å². The summed E-state index contributed by atoms with van der Waals surface area (Å²) in [5.41, 5.74) is 5.70. The maximum absolute atomic E-state index is 11.1. The van der Waals surface area contributed by atoms with Crippen molar-refractivity contribution in [2.45, 2.75) is 13.0 Å². The second-order valence-electron chi connectivity index (χ2n) is 5.22. The Labute approximate surface area is 148 Å². The molecule has 1 aromatic carbocycles. The molecule has 2 heterocycles. The van der Waals surface area contributed by atoms with E-state index in [0.29, 0.717) is 11.3 Å². The third-order valence-corrected chi connectivity index (χ3v) is 5.32. The summed E-state index contributed by atoms with van der Waals surface area (Å²) in [7, 11) is 0. The standard InChI is InChI=1S/C18H18N2O2S2/c19-18(21)13-3-5-14(6-4-13)22-17-8-7-16(24-17)12-20-10-9-15-2-1-11-23-15/h1-8,11,20H,9-10,12H2,(H2,19,21). The van der Waals surface area contributed by atoms with Crippen molar-refractivity contribution in [2.75, 3.05) is 6.54 Å². The van der Waals surface area contributed by atoms with Crippen LogP contribution >= 0.6 is 22.7 Å². The van der Waals surface area contributed by atoms with Gasteiger partial charge >= 0.3 is 0 Å². The number of thiophene rings is 2. The molecule has 0 unspecified atom stereocenters. The average Bonchev–Trinajstić information content (AvgIpc) is 3.24. The third-order valence-electron chi connectivity index (χ3n) is 3.42. The van der Waals surface area contributed by atoms with Crippen LogP contribution in [0.4, 0.5) is 0 Å². The molecule has 24 heavy (non-hydrogen) atoms. The quantitative estimate of drug-likeness (QED) is 0.598. The molecule has 1 amide bonds. The van der Waals surface area contributed by atoms with Gasteiger partial charge in [-0.25, -0.2) is 0 Å². The van der Waals surface area contributed by atoms with Gasteiger partial charge in [0.25, 0.3) is 0 Å². The molecule has 3 aromatic rings. The zero-order chi connectivity index (χ0) is 16.8. The number of carbonyl (C=O) groups is 1. The van der Waals surface area contributed by atoms with E-state index < -0.39 is 5.91 Å². The normalized spacial score (nSPS) is 10.7. The molecule has 6 heteroatoms. The van der Waals surface area contributed by atoms with Gasteiger partial charge in [-0.05, 0) is 54.3 Å². The van der Waals surface area contributed by atoms with Crippen molar-refractivity contribution >= 4 is 28.6 Å². The Kier molecular flexibility index (Phi) is 5.63. The molecule has 3 N–H and O–H groups in total. The summed E-state index contributed by atoms with van der Waals surface area (Å²) in [4.78, 5) is 13.7. The van der Waals surface area contributed by atoms with E-state index in [1.54, 1.807) is 46.9 Å². The molecule has 0 saturated heterocycles. The summed E-state index contributed by atoms with van der Waals surface area (Å²) in [6.45, 7) is 1.79. The molecule has 3 rings (SSSR count). The lowest BCUT2D eigenvalue weighted by molar-refractivity contribution is 0.100. The van der Waals surface area contributed by atoms with Crippen molar-refractivity contribution in [2.24, 2.45) is 5.73 Å². The van der Waals surface area contributed by atoms with Gasteiger partial charge in [0.05, 0.1) is 0 Å². The maximum Gasteiger partial charge on any atom is 0.248 e. The summed E-state index contributed by atoms with van der Waals surface area (Å²) in [6.07, 6.45) is 1.05.